The molecule has 2 aromatic carbocycles. The highest BCUT2D eigenvalue weighted by molar-refractivity contribution is 7.18. The van der Waals surface area contributed by atoms with Gasteiger partial charge >= 0.3 is 0 Å². The molecule has 1 unspecified atom stereocenters. The molecule has 4 aromatic rings. The van der Waals surface area contributed by atoms with Gasteiger partial charge in [0.2, 0.25) is 5.91 Å². The first kappa shape index (κ1) is 20.2. The summed E-state index contributed by atoms with van der Waals surface area (Å²) in [6, 6.07) is 15.1. The minimum absolute atomic E-state index is 0.106. The van der Waals surface area contributed by atoms with Crippen LogP contribution in [0.4, 0.5) is 0 Å². The van der Waals surface area contributed by atoms with E-state index in [1.807, 2.05) is 49.4 Å². The fraction of sp³-hybridized carbons (Fsp3) is 0.304. The number of nitrogens with one attached hydrogen (secondary N) is 1. The third-order valence-corrected chi connectivity index (χ3v) is 6.27. The lowest BCUT2D eigenvalue weighted by molar-refractivity contribution is -0.121. The van der Waals surface area contributed by atoms with E-state index in [4.69, 9.17) is 0 Å². The maximum atomic E-state index is 12.8. The molecule has 7 heteroatoms. The molecular weight excluding hydrogens is 396 g/mol. The highest BCUT2D eigenvalue weighted by Crippen LogP contribution is 2.26. The van der Waals surface area contributed by atoms with Crippen molar-refractivity contribution in [2.75, 3.05) is 0 Å². The zero-order valence-electron chi connectivity index (χ0n) is 17.1. The molecule has 0 saturated carbocycles. The van der Waals surface area contributed by atoms with Gasteiger partial charge in [-0.25, -0.2) is 9.67 Å². The number of unbranched alkanes of at least 4 members (excludes halogenated alkanes) is 1. The third-order valence-electron chi connectivity index (χ3n) is 5.05. The highest BCUT2D eigenvalue weighted by Gasteiger charge is 2.17. The van der Waals surface area contributed by atoms with Crippen LogP contribution in [-0.2, 0) is 17.8 Å². The van der Waals surface area contributed by atoms with Crippen molar-refractivity contribution < 1.29 is 4.79 Å². The smallest absolute Gasteiger partial charge is 0.274 e. The first-order valence-electron chi connectivity index (χ1n) is 10.2. The Bertz CT molecular complexity index is 1230. The number of benzene rings is 2. The van der Waals surface area contributed by atoms with Crippen molar-refractivity contribution in [3.8, 4) is 0 Å². The Morgan fingerprint density at radius 3 is 2.63 bits per heavy atom. The van der Waals surface area contributed by atoms with E-state index in [-0.39, 0.29) is 23.9 Å². The molecular formula is C23H24N4O2S. The molecule has 0 saturated heterocycles. The molecule has 0 aliphatic carbocycles. The van der Waals surface area contributed by atoms with Crippen LogP contribution in [0.25, 0.3) is 21.0 Å². The largest absolute Gasteiger partial charge is 0.347 e. The molecule has 0 fully saturated rings. The quantitative estimate of drug-likeness (QED) is 0.485. The topological polar surface area (TPSA) is 76.9 Å². The van der Waals surface area contributed by atoms with Crippen molar-refractivity contribution in [1.29, 1.82) is 0 Å². The van der Waals surface area contributed by atoms with Crippen LogP contribution in [0, 0.1) is 0 Å². The van der Waals surface area contributed by atoms with Crippen molar-refractivity contribution in [3.63, 3.8) is 0 Å². The summed E-state index contributed by atoms with van der Waals surface area (Å²) in [6.07, 6.45) is 1.95. The van der Waals surface area contributed by atoms with E-state index in [0.717, 1.165) is 33.5 Å². The summed E-state index contributed by atoms with van der Waals surface area (Å²) < 4.78 is 2.59. The Hall–Kier alpha value is -3.06. The van der Waals surface area contributed by atoms with Crippen LogP contribution in [0.1, 0.15) is 43.4 Å². The Morgan fingerprint density at radius 1 is 1.13 bits per heavy atom. The molecule has 0 aliphatic heterocycles. The van der Waals surface area contributed by atoms with E-state index < -0.39 is 0 Å². The molecule has 2 aromatic heterocycles. The zero-order valence-corrected chi connectivity index (χ0v) is 17.9. The van der Waals surface area contributed by atoms with Crippen molar-refractivity contribution >= 4 is 38.2 Å². The minimum Gasteiger partial charge on any atom is -0.347 e. The average molecular weight is 421 g/mol. The second-order valence-electron chi connectivity index (χ2n) is 7.36. The fourth-order valence-corrected chi connectivity index (χ4v) is 4.45. The predicted molar refractivity (Wildman–Crippen MR) is 121 cm³/mol. The number of aryl methyl sites for hydroxylation is 1. The molecule has 6 nitrogen and oxygen atoms in total. The van der Waals surface area contributed by atoms with Crippen molar-refractivity contribution in [2.24, 2.45) is 0 Å². The summed E-state index contributed by atoms with van der Waals surface area (Å²) >= 11 is 1.58. The summed E-state index contributed by atoms with van der Waals surface area (Å²) in [7, 11) is 0. The number of hydrogen-bond donors (Lipinski definition) is 1. The van der Waals surface area contributed by atoms with Gasteiger partial charge in [-0.1, -0.05) is 43.7 Å². The molecule has 2 heterocycles. The molecule has 154 valence electrons. The Kier molecular flexibility index (Phi) is 5.90. The summed E-state index contributed by atoms with van der Waals surface area (Å²) in [5, 5.41) is 9.76. The van der Waals surface area contributed by atoms with Crippen LogP contribution in [0.3, 0.4) is 0 Å². The second-order valence-corrected chi connectivity index (χ2v) is 8.42. The lowest BCUT2D eigenvalue weighted by atomic mass is 10.1. The first-order valence-corrected chi connectivity index (χ1v) is 11.0. The summed E-state index contributed by atoms with van der Waals surface area (Å²) in [5.41, 5.74) is 1.45. The maximum absolute atomic E-state index is 12.8. The molecule has 0 radical (unpaired) electrons. The number of para-hydroxylation sites is 1. The Morgan fingerprint density at radius 2 is 1.87 bits per heavy atom. The van der Waals surface area contributed by atoms with E-state index in [1.54, 1.807) is 17.4 Å². The lowest BCUT2D eigenvalue weighted by Gasteiger charge is -2.13. The van der Waals surface area contributed by atoms with Crippen LogP contribution in [0.15, 0.2) is 53.3 Å². The molecule has 1 amide bonds. The van der Waals surface area contributed by atoms with Gasteiger partial charge in [-0.15, -0.1) is 11.3 Å². The summed E-state index contributed by atoms with van der Waals surface area (Å²) in [6.45, 7) is 4.56. The summed E-state index contributed by atoms with van der Waals surface area (Å²) in [5.74, 6) is -0.139. The Balaban J connectivity index is 1.57. The number of amides is 1. The monoisotopic (exact) mass is 420 g/mol. The zero-order chi connectivity index (χ0) is 21.1. The number of thiazole rings is 1. The third kappa shape index (κ3) is 4.11. The van der Waals surface area contributed by atoms with Gasteiger partial charge in [0.25, 0.3) is 5.56 Å². The van der Waals surface area contributed by atoms with Gasteiger partial charge in [-0.05, 0) is 31.5 Å². The molecule has 4 rings (SSSR count). The Labute approximate surface area is 178 Å². The number of rotatable bonds is 7. The van der Waals surface area contributed by atoms with Crippen LogP contribution in [-0.4, -0.2) is 20.7 Å². The standard InChI is InChI=1S/C23H24N4O2S/c1-3-4-13-27-23(29)17-10-6-5-9-16(17)19(26-27)14-21(28)24-15(2)22-25-18-11-7-8-12-20(18)30-22/h5-12,15H,3-4,13-14H2,1-2H3,(H,24,28). The van der Waals surface area contributed by atoms with Gasteiger partial charge in [0.1, 0.15) is 5.01 Å². The van der Waals surface area contributed by atoms with Crippen molar-refractivity contribution in [3.05, 3.63) is 69.6 Å². The second kappa shape index (κ2) is 8.75. The van der Waals surface area contributed by atoms with Crippen molar-refractivity contribution in [2.45, 2.75) is 45.7 Å². The van der Waals surface area contributed by atoms with Crippen LogP contribution < -0.4 is 10.9 Å². The predicted octanol–water partition coefficient (Wildman–Crippen LogP) is 4.23. The van der Waals surface area contributed by atoms with E-state index in [9.17, 15) is 9.59 Å². The molecule has 0 aliphatic rings. The van der Waals surface area contributed by atoms with Crippen LogP contribution in [0.5, 0.6) is 0 Å². The number of nitrogens with zero attached hydrogens (tertiary/aromatic N) is 3. The van der Waals surface area contributed by atoms with Gasteiger partial charge < -0.3 is 5.32 Å². The molecule has 0 spiro atoms. The fourth-order valence-electron chi connectivity index (χ4n) is 3.48. The summed E-state index contributed by atoms with van der Waals surface area (Å²) in [4.78, 5) is 30.1. The number of carbonyl (C=O) groups excluding carboxylic acids is 1. The van der Waals surface area contributed by atoms with Gasteiger partial charge in [0.05, 0.1) is 33.8 Å². The minimum atomic E-state index is -0.202. The van der Waals surface area contributed by atoms with E-state index in [2.05, 4.69) is 22.3 Å². The number of fused-ring (bicyclic) bond motifs is 2. The van der Waals surface area contributed by atoms with Crippen LogP contribution in [0.2, 0.25) is 0 Å². The van der Waals surface area contributed by atoms with Gasteiger partial charge in [-0.2, -0.15) is 5.10 Å². The van der Waals surface area contributed by atoms with E-state index >= 15 is 0 Å². The van der Waals surface area contributed by atoms with Crippen LogP contribution >= 0.6 is 11.3 Å². The molecule has 1 atom stereocenters. The highest BCUT2D eigenvalue weighted by atomic mass is 32.1. The average Bonchev–Trinajstić information content (AvgIpc) is 3.19. The number of aromatic nitrogens is 3. The van der Waals surface area contributed by atoms with Gasteiger partial charge in [-0.3, -0.25) is 9.59 Å². The first-order chi connectivity index (χ1) is 14.6. The van der Waals surface area contributed by atoms with E-state index in [1.165, 1.54) is 4.68 Å². The van der Waals surface area contributed by atoms with E-state index in [0.29, 0.717) is 17.6 Å². The maximum Gasteiger partial charge on any atom is 0.274 e. The lowest BCUT2D eigenvalue weighted by Crippen LogP contribution is -2.30. The normalized spacial score (nSPS) is 12.3. The molecule has 1 N–H and O–H groups in total. The van der Waals surface area contributed by atoms with Gasteiger partial charge in [0, 0.05) is 11.9 Å². The SMILES string of the molecule is CCCCn1nc(CC(=O)NC(C)c2nc3ccccc3s2)c2ccccc2c1=O. The molecule has 0 bridgehead atoms. The van der Waals surface area contributed by atoms with Crippen molar-refractivity contribution in [1.82, 2.24) is 20.1 Å². The number of hydrogen-bond acceptors (Lipinski definition) is 5. The molecule has 30 heavy (non-hydrogen) atoms. The number of carbonyl (C=O) groups is 1. The van der Waals surface area contributed by atoms with Gasteiger partial charge in [0.15, 0.2) is 0 Å².